The third-order valence-electron chi connectivity index (χ3n) is 16.3. The van der Waals surface area contributed by atoms with Crippen LogP contribution >= 0.6 is 23.5 Å². The molecule has 72 heavy (non-hydrogen) atoms. The van der Waals surface area contributed by atoms with Gasteiger partial charge in [0.2, 0.25) is 0 Å². The van der Waals surface area contributed by atoms with Crippen LogP contribution in [0.4, 0.5) is 0 Å². The van der Waals surface area contributed by atoms with E-state index in [-0.39, 0.29) is 53.0 Å². The van der Waals surface area contributed by atoms with Gasteiger partial charge in [-0.2, -0.15) is 23.5 Å². The second-order valence-corrected chi connectivity index (χ2v) is 25.8. The molecule has 2 saturated carbocycles. The maximum Gasteiger partial charge on any atom is 0.309 e. The van der Waals surface area contributed by atoms with Crippen LogP contribution in [0.2, 0.25) is 0 Å². The highest BCUT2D eigenvalue weighted by Crippen LogP contribution is 2.50. The Balaban J connectivity index is 1.33. The third-order valence-corrected chi connectivity index (χ3v) is 19.2. The Labute approximate surface area is 454 Å². The number of rotatable bonds is 38. The summed E-state index contributed by atoms with van der Waals surface area (Å²) in [6.45, 7) is 11.8. The predicted molar refractivity (Wildman–Crippen MR) is 315 cm³/mol. The number of hydrogen-bond acceptors (Lipinski definition) is 8. The summed E-state index contributed by atoms with van der Waals surface area (Å²) in [6, 6.07) is 22.8. The van der Waals surface area contributed by atoms with E-state index < -0.39 is 0 Å². The molecule has 0 spiro atoms. The number of esters is 2. The van der Waals surface area contributed by atoms with E-state index in [1.54, 1.807) is 0 Å². The SMILES string of the molecule is CCCCCCC(CSCCCCCC(CCCCCSCC(CCCCCC)OC(=O)C1CCCCCC1)NC(CCC(c1ccccc1)(c1ccccc1)C(C)(C)C)O[SiH3])OC(=O)C1CCCCCC1. The number of unbranched alkanes of at least 4 members (excludes halogenated alkanes) is 10. The lowest BCUT2D eigenvalue weighted by Crippen LogP contribution is -2.45. The quantitative estimate of drug-likeness (QED) is 0.0234. The first-order valence-corrected chi connectivity index (χ1v) is 33.2. The molecule has 0 aromatic heterocycles. The van der Waals surface area contributed by atoms with Crippen molar-refractivity contribution in [3.05, 3.63) is 71.8 Å². The predicted octanol–water partition coefficient (Wildman–Crippen LogP) is 16.7. The van der Waals surface area contributed by atoms with Crippen molar-refractivity contribution in [2.24, 2.45) is 17.3 Å². The second-order valence-electron chi connectivity index (χ2n) is 23.1. The average molecular weight is 1050 g/mol. The molecule has 0 bridgehead atoms. The molecule has 3 atom stereocenters. The minimum atomic E-state index is -0.162. The van der Waals surface area contributed by atoms with E-state index >= 15 is 0 Å². The highest BCUT2D eigenvalue weighted by Gasteiger charge is 2.45. The maximum atomic E-state index is 13.3. The lowest BCUT2D eigenvalue weighted by Gasteiger charge is -2.47. The summed E-state index contributed by atoms with van der Waals surface area (Å²) >= 11 is 4.01. The van der Waals surface area contributed by atoms with Crippen LogP contribution in [0.1, 0.15) is 251 Å². The number of carbonyl (C=O) groups is 2. The normalized spacial score (nSPS) is 17.2. The molecule has 6 nitrogen and oxygen atoms in total. The van der Waals surface area contributed by atoms with Gasteiger partial charge in [-0.1, -0.05) is 211 Å². The maximum absolute atomic E-state index is 13.3. The summed E-state index contributed by atoms with van der Waals surface area (Å²) in [5, 5.41) is 4.12. The molecule has 0 radical (unpaired) electrons. The van der Waals surface area contributed by atoms with Crippen LogP contribution in [0.5, 0.6) is 0 Å². The number of nitrogens with one attached hydrogen (secondary N) is 1. The largest absolute Gasteiger partial charge is 0.461 e. The summed E-state index contributed by atoms with van der Waals surface area (Å²) in [5.74, 6) is 4.51. The van der Waals surface area contributed by atoms with Crippen LogP contribution in [0.15, 0.2) is 60.7 Å². The van der Waals surface area contributed by atoms with Crippen molar-refractivity contribution >= 4 is 45.9 Å². The molecule has 0 heterocycles. The number of hydrogen-bond donors (Lipinski definition) is 1. The molecule has 0 aliphatic heterocycles. The van der Waals surface area contributed by atoms with Gasteiger partial charge in [-0.3, -0.25) is 14.9 Å². The van der Waals surface area contributed by atoms with Crippen LogP contribution in [0, 0.1) is 17.3 Å². The summed E-state index contributed by atoms with van der Waals surface area (Å²) < 4.78 is 19.1. The van der Waals surface area contributed by atoms with Gasteiger partial charge in [0.15, 0.2) is 0 Å². The number of benzene rings is 2. The van der Waals surface area contributed by atoms with Crippen LogP contribution in [0.3, 0.4) is 0 Å². The molecule has 0 saturated heterocycles. The molecule has 2 aromatic carbocycles. The molecule has 2 aliphatic carbocycles. The van der Waals surface area contributed by atoms with Crippen LogP contribution in [0.25, 0.3) is 0 Å². The molecule has 2 aromatic rings. The van der Waals surface area contributed by atoms with Gasteiger partial charge in [0.1, 0.15) is 22.7 Å². The molecular formula is C63H107NO5S2Si. The van der Waals surface area contributed by atoms with E-state index in [1.807, 2.05) is 23.5 Å². The second kappa shape index (κ2) is 37.9. The zero-order chi connectivity index (χ0) is 51.5. The molecule has 9 heteroatoms. The van der Waals surface area contributed by atoms with Crippen LogP contribution in [-0.4, -0.2) is 69.9 Å². The Bertz CT molecular complexity index is 1540. The van der Waals surface area contributed by atoms with Crippen molar-refractivity contribution in [2.45, 2.75) is 270 Å². The van der Waals surface area contributed by atoms with E-state index in [9.17, 15) is 9.59 Å². The van der Waals surface area contributed by atoms with E-state index in [1.165, 1.54) is 140 Å². The minimum absolute atomic E-state index is 0.0159. The van der Waals surface area contributed by atoms with E-state index in [0.717, 1.165) is 100 Å². The van der Waals surface area contributed by atoms with Crippen molar-refractivity contribution in [1.82, 2.24) is 5.32 Å². The summed E-state index contributed by atoms with van der Waals surface area (Å²) in [4.78, 5) is 26.6. The molecule has 1 N–H and O–H groups in total. The van der Waals surface area contributed by atoms with Crippen molar-refractivity contribution in [1.29, 1.82) is 0 Å². The fourth-order valence-corrected chi connectivity index (χ4v) is 14.3. The third kappa shape index (κ3) is 24.0. The van der Waals surface area contributed by atoms with Gasteiger partial charge < -0.3 is 13.9 Å². The average Bonchev–Trinajstić information content (AvgIpc) is 3.85. The number of carbonyl (C=O) groups excluding carboxylic acids is 2. The molecule has 4 rings (SSSR count). The summed E-state index contributed by atoms with van der Waals surface area (Å²) in [7, 11) is 0.688. The van der Waals surface area contributed by atoms with Gasteiger partial charge in [-0.05, 0) is 118 Å². The van der Waals surface area contributed by atoms with E-state index in [2.05, 4.69) is 101 Å². The van der Waals surface area contributed by atoms with Crippen molar-refractivity contribution in [2.75, 3.05) is 23.0 Å². The minimum Gasteiger partial charge on any atom is -0.461 e. The van der Waals surface area contributed by atoms with Gasteiger partial charge in [-0.25, -0.2) is 0 Å². The lowest BCUT2D eigenvalue weighted by atomic mass is 9.57. The standard InChI is InChI=1S/C63H107NO5S2Si/c1-6-8-10-30-44-57(67-60(65)52-34-20-12-13-21-35-52)50-70-48-32-18-28-42-56(43-29-19-33-49-71-51-58(45-31-11-9-7-2)68-61(66)53-36-22-14-15-23-37-53)64-59(69-72)46-47-63(62(3,4)5,54-38-24-16-25-39-54)55-40-26-17-27-41-55/h16-17,24-27,38-41,52-53,56-59,64H,6-15,18-23,28-37,42-51H2,1-5,72H3. The van der Waals surface area contributed by atoms with Gasteiger partial charge >= 0.3 is 11.9 Å². The van der Waals surface area contributed by atoms with E-state index in [4.69, 9.17) is 13.9 Å². The summed E-state index contributed by atoms with van der Waals surface area (Å²) in [6.07, 6.45) is 37.1. The monoisotopic (exact) mass is 1050 g/mol. The van der Waals surface area contributed by atoms with E-state index in [0.29, 0.717) is 16.5 Å². The van der Waals surface area contributed by atoms with Crippen molar-refractivity contribution < 1.29 is 23.5 Å². The number of ether oxygens (including phenoxy) is 2. The van der Waals surface area contributed by atoms with Gasteiger partial charge in [-0.15, -0.1) is 0 Å². The van der Waals surface area contributed by atoms with Crippen LogP contribution < -0.4 is 5.32 Å². The lowest BCUT2D eigenvalue weighted by molar-refractivity contribution is -0.154. The fourth-order valence-electron chi connectivity index (χ4n) is 11.8. The Hall–Kier alpha value is -1.78. The smallest absolute Gasteiger partial charge is 0.309 e. The summed E-state index contributed by atoms with van der Waals surface area (Å²) in [5.41, 5.74) is 2.58. The Morgan fingerprint density at radius 1 is 0.556 bits per heavy atom. The molecule has 410 valence electrons. The van der Waals surface area contributed by atoms with Gasteiger partial charge in [0, 0.05) is 23.0 Å². The Morgan fingerprint density at radius 3 is 1.35 bits per heavy atom. The highest BCUT2D eigenvalue weighted by molar-refractivity contribution is 7.99. The Morgan fingerprint density at radius 2 is 0.958 bits per heavy atom. The topological polar surface area (TPSA) is 73.9 Å². The number of thioether (sulfide) groups is 2. The molecule has 0 amide bonds. The first-order valence-electron chi connectivity index (χ1n) is 30.1. The fraction of sp³-hybridized carbons (Fsp3) is 0.778. The molecule has 2 aliphatic rings. The molecule has 2 fully saturated rings. The van der Waals surface area contributed by atoms with Crippen molar-refractivity contribution in [3.63, 3.8) is 0 Å². The molecular weight excluding hydrogens is 943 g/mol. The zero-order valence-corrected chi connectivity index (χ0v) is 50.7. The van der Waals surface area contributed by atoms with Crippen molar-refractivity contribution in [3.8, 4) is 0 Å². The van der Waals surface area contributed by atoms with Crippen LogP contribution in [-0.2, 0) is 28.9 Å². The first kappa shape index (κ1) is 62.8. The van der Waals surface area contributed by atoms with Gasteiger partial charge in [0.25, 0.3) is 0 Å². The molecule has 3 unspecified atom stereocenters. The Kier molecular flexibility index (Phi) is 33.0. The van der Waals surface area contributed by atoms with Gasteiger partial charge in [0.05, 0.1) is 18.1 Å². The highest BCUT2D eigenvalue weighted by atomic mass is 32.2. The first-order chi connectivity index (χ1) is 35.1. The zero-order valence-electron chi connectivity index (χ0n) is 47.1.